The molecule has 2 aromatic heterocycles. The quantitative estimate of drug-likeness (QED) is 0.447. The Morgan fingerprint density at radius 1 is 1.10 bits per heavy atom. The summed E-state index contributed by atoms with van der Waals surface area (Å²) in [6.07, 6.45) is 4.09. The zero-order chi connectivity index (χ0) is 20.0. The van der Waals surface area contributed by atoms with E-state index in [2.05, 4.69) is 22.1 Å². The van der Waals surface area contributed by atoms with Crippen molar-refractivity contribution in [2.75, 3.05) is 0 Å². The van der Waals surface area contributed by atoms with E-state index < -0.39 is 11.6 Å². The van der Waals surface area contributed by atoms with Gasteiger partial charge in [-0.25, -0.2) is 9.78 Å². The Hall–Kier alpha value is -3.05. The Bertz CT molecular complexity index is 1300. The van der Waals surface area contributed by atoms with Gasteiger partial charge in [0, 0.05) is 18.0 Å². The van der Waals surface area contributed by atoms with Crippen LogP contribution in [0, 0.1) is 5.95 Å². The highest BCUT2D eigenvalue weighted by Gasteiger charge is 2.25. The first-order chi connectivity index (χ1) is 14.1. The van der Waals surface area contributed by atoms with E-state index in [4.69, 9.17) is 11.6 Å². The van der Waals surface area contributed by atoms with Gasteiger partial charge in [-0.2, -0.15) is 9.37 Å². The molecule has 2 aromatic carbocycles. The largest absolute Gasteiger partial charge is 0.352 e. The lowest BCUT2D eigenvalue weighted by atomic mass is 10.0. The SMILES string of the molecule is O=c1nc(Cc2ccnc(F)c2)c2ccc(C3CC3)cc2n1-c1ccccc1Cl. The zero-order valence-electron chi connectivity index (χ0n) is 15.5. The van der Waals surface area contributed by atoms with Crippen LogP contribution >= 0.6 is 11.6 Å². The van der Waals surface area contributed by atoms with E-state index in [1.54, 1.807) is 16.7 Å². The van der Waals surface area contributed by atoms with Gasteiger partial charge in [-0.15, -0.1) is 0 Å². The number of pyridine rings is 1. The second-order valence-electron chi connectivity index (χ2n) is 7.34. The minimum absolute atomic E-state index is 0.345. The van der Waals surface area contributed by atoms with Gasteiger partial charge in [-0.3, -0.25) is 4.57 Å². The predicted octanol–water partition coefficient (Wildman–Crippen LogP) is 5.04. The standard InChI is InChI=1S/C23H17ClFN3O/c24-18-3-1-2-4-20(18)28-21-13-16(15-5-6-15)7-8-17(21)19(27-23(28)29)11-14-9-10-26-22(25)12-14/h1-4,7-10,12-13,15H,5-6,11H2. The second kappa shape index (κ2) is 7.08. The fraction of sp³-hybridized carbons (Fsp3) is 0.174. The van der Waals surface area contributed by atoms with E-state index in [-0.39, 0.29) is 0 Å². The van der Waals surface area contributed by atoms with E-state index in [1.807, 2.05) is 24.3 Å². The number of aromatic nitrogens is 3. The van der Waals surface area contributed by atoms with Crippen molar-refractivity contribution in [2.45, 2.75) is 25.2 Å². The van der Waals surface area contributed by atoms with Crippen LogP contribution in [0.1, 0.15) is 35.6 Å². The number of halogens is 2. The second-order valence-corrected chi connectivity index (χ2v) is 7.75. The van der Waals surface area contributed by atoms with Crippen molar-refractivity contribution < 1.29 is 4.39 Å². The van der Waals surface area contributed by atoms with Gasteiger partial charge in [0.2, 0.25) is 5.95 Å². The smallest absolute Gasteiger partial charge is 0.259 e. The summed E-state index contributed by atoms with van der Waals surface area (Å²) in [5, 5.41) is 1.34. The van der Waals surface area contributed by atoms with Gasteiger partial charge in [0.15, 0.2) is 0 Å². The summed E-state index contributed by atoms with van der Waals surface area (Å²) >= 11 is 6.40. The average molecular weight is 406 g/mol. The number of hydrogen-bond donors (Lipinski definition) is 0. The molecule has 5 rings (SSSR count). The van der Waals surface area contributed by atoms with Gasteiger partial charge in [0.05, 0.1) is 21.9 Å². The minimum atomic E-state index is -0.549. The number of fused-ring (bicyclic) bond motifs is 1. The van der Waals surface area contributed by atoms with Crippen LogP contribution < -0.4 is 5.69 Å². The molecule has 1 saturated carbocycles. The van der Waals surface area contributed by atoms with Gasteiger partial charge >= 0.3 is 5.69 Å². The van der Waals surface area contributed by atoms with Gasteiger partial charge in [-0.1, -0.05) is 35.9 Å². The van der Waals surface area contributed by atoms with Crippen molar-refractivity contribution in [1.82, 2.24) is 14.5 Å². The third-order valence-corrected chi connectivity index (χ3v) is 5.62. The maximum Gasteiger partial charge on any atom is 0.352 e. The fourth-order valence-corrected chi connectivity index (χ4v) is 3.94. The topological polar surface area (TPSA) is 47.8 Å². The lowest BCUT2D eigenvalue weighted by Crippen LogP contribution is -2.24. The molecule has 1 aliphatic rings. The third kappa shape index (κ3) is 3.42. The van der Waals surface area contributed by atoms with Gasteiger partial charge in [-0.05, 0) is 60.2 Å². The fourth-order valence-electron chi connectivity index (χ4n) is 3.72. The van der Waals surface area contributed by atoms with Crippen molar-refractivity contribution in [3.05, 3.63) is 99.1 Å². The maximum atomic E-state index is 13.5. The molecule has 4 nitrogen and oxygen atoms in total. The van der Waals surface area contributed by atoms with Crippen molar-refractivity contribution in [3.8, 4) is 5.69 Å². The first-order valence-electron chi connectivity index (χ1n) is 9.51. The molecule has 0 bridgehead atoms. The number of hydrogen-bond acceptors (Lipinski definition) is 3. The highest BCUT2D eigenvalue weighted by atomic mass is 35.5. The summed E-state index contributed by atoms with van der Waals surface area (Å²) in [5.41, 5.74) is 3.51. The van der Waals surface area contributed by atoms with Crippen LogP contribution in [0.3, 0.4) is 0 Å². The summed E-state index contributed by atoms with van der Waals surface area (Å²) in [6.45, 7) is 0. The molecule has 1 fully saturated rings. The highest BCUT2D eigenvalue weighted by molar-refractivity contribution is 6.32. The number of para-hydroxylation sites is 1. The third-order valence-electron chi connectivity index (χ3n) is 5.30. The van der Waals surface area contributed by atoms with Crippen molar-refractivity contribution >= 4 is 22.5 Å². The number of benzene rings is 2. The molecule has 29 heavy (non-hydrogen) atoms. The summed E-state index contributed by atoms with van der Waals surface area (Å²) in [7, 11) is 0. The molecule has 0 N–H and O–H groups in total. The van der Waals surface area contributed by atoms with Gasteiger partial charge in [0.1, 0.15) is 0 Å². The molecule has 4 aromatic rings. The monoisotopic (exact) mass is 405 g/mol. The van der Waals surface area contributed by atoms with E-state index in [1.165, 1.54) is 17.8 Å². The van der Waals surface area contributed by atoms with Gasteiger partial charge < -0.3 is 0 Å². The van der Waals surface area contributed by atoms with Crippen molar-refractivity contribution in [3.63, 3.8) is 0 Å². The molecule has 0 atom stereocenters. The van der Waals surface area contributed by atoms with E-state index in [0.717, 1.165) is 23.7 Å². The summed E-state index contributed by atoms with van der Waals surface area (Å²) in [6, 6.07) is 16.5. The molecule has 6 heteroatoms. The first-order valence-corrected chi connectivity index (χ1v) is 9.89. The Morgan fingerprint density at radius 3 is 2.69 bits per heavy atom. The van der Waals surface area contributed by atoms with Crippen LogP contribution in [0.5, 0.6) is 0 Å². The zero-order valence-corrected chi connectivity index (χ0v) is 16.2. The summed E-state index contributed by atoms with van der Waals surface area (Å²) in [4.78, 5) is 21.0. The van der Waals surface area contributed by atoms with Crippen LogP contribution in [0.15, 0.2) is 65.6 Å². The molecule has 0 amide bonds. The molecule has 0 saturated heterocycles. The lowest BCUT2D eigenvalue weighted by Gasteiger charge is -2.15. The highest BCUT2D eigenvalue weighted by Crippen LogP contribution is 2.41. The predicted molar refractivity (Wildman–Crippen MR) is 111 cm³/mol. The van der Waals surface area contributed by atoms with Crippen molar-refractivity contribution in [2.24, 2.45) is 0 Å². The molecule has 144 valence electrons. The molecule has 0 radical (unpaired) electrons. The average Bonchev–Trinajstić information content (AvgIpc) is 3.54. The number of nitrogens with zero attached hydrogens (tertiary/aromatic N) is 3. The molecule has 2 heterocycles. The lowest BCUT2D eigenvalue weighted by molar-refractivity contribution is 0.581. The molecular formula is C23H17ClFN3O. The maximum absolute atomic E-state index is 13.5. The molecule has 1 aliphatic carbocycles. The van der Waals surface area contributed by atoms with Crippen LogP contribution in [-0.4, -0.2) is 14.5 Å². The Balaban J connectivity index is 1.75. The van der Waals surface area contributed by atoms with Gasteiger partial charge in [0.25, 0.3) is 0 Å². The van der Waals surface area contributed by atoms with E-state index >= 15 is 0 Å². The van der Waals surface area contributed by atoms with Crippen LogP contribution in [0.2, 0.25) is 5.02 Å². The molecular weight excluding hydrogens is 389 g/mol. The normalized spacial score (nSPS) is 13.7. The van der Waals surface area contributed by atoms with Crippen LogP contribution in [0.25, 0.3) is 16.6 Å². The van der Waals surface area contributed by atoms with E-state index in [9.17, 15) is 9.18 Å². The summed E-state index contributed by atoms with van der Waals surface area (Å²) < 4.78 is 15.1. The first kappa shape index (κ1) is 18.0. The molecule has 0 unspecified atom stereocenters. The Labute approximate surface area is 171 Å². The van der Waals surface area contributed by atoms with E-state index in [0.29, 0.717) is 34.3 Å². The number of rotatable bonds is 4. The minimum Gasteiger partial charge on any atom is -0.259 e. The molecule has 0 aliphatic heterocycles. The van der Waals surface area contributed by atoms with Crippen molar-refractivity contribution in [1.29, 1.82) is 0 Å². The Kier molecular flexibility index (Phi) is 4.40. The summed E-state index contributed by atoms with van der Waals surface area (Å²) in [5.74, 6) is -0.00709. The Morgan fingerprint density at radius 2 is 1.93 bits per heavy atom. The van der Waals surface area contributed by atoms with Crippen LogP contribution in [-0.2, 0) is 6.42 Å². The van der Waals surface area contributed by atoms with Crippen LogP contribution in [0.4, 0.5) is 4.39 Å². The molecule has 0 spiro atoms.